The van der Waals surface area contributed by atoms with Gasteiger partial charge in [0.1, 0.15) is 0 Å². The van der Waals surface area contributed by atoms with Gasteiger partial charge in [0.2, 0.25) is 0 Å². The smallest absolute Gasteiger partial charge is 0.159 e. The van der Waals surface area contributed by atoms with Gasteiger partial charge in [0.05, 0.1) is 5.60 Å². The predicted molar refractivity (Wildman–Crippen MR) is 59.4 cm³/mol. The Kier molecular flexibility index (Phi) is 3.12. The molecule has 0 unspecified atom stereocenters. The van der Waals surface area contributed by atoms with Gasteiger partial charge in [0.25, 0.3) is 0 Å². The van der Waals surface area contributed by atoms with Crippen LogP contribution in [0.2, 0.25) is 0 Å². The molecule has 0 fully saturated rings. The number of rotatable bonds is 2. The molecule has 0 aliphatic heterocycles. The average molecular weight is 257 g/mol. The van der Waals surface area contributed by atoms with Crippen LogP contribution in [-0.4, -0.2) is 10.9 Å². The van der Waals surface area contributed by atoms with Gasteiger partial charge in [-0.1, -0.05) is 28.1 Å². The summed E-state index contributed by atoms with van der Waals surface area (Å²) in [5.41, 5.74) is 0.529. The highest BCUT2D eigenvalue weighted by Gasteiger charge is 2.19. The molecule has 1 N–H and O–H groups in total. The Balaban J connectivity index is 3.21. The molecule has 0 saturated heterocycles. The zero-order valence-electron chi connectivity index (χ0n) is 8.47. The van der Waals surface area contributed by atoms with E-state index in [1.807, 2.05) is 0 Å². The zero-order chi connectivity index (χ0) is 10.9. The van der Waals surface area contributed by atoms with Crippen LogP contribution in [0.25, 0.3) is 0 Å². The maximum atomic E-state index is 11.1. The van der Waals surface area contributed by atoms with Crippen LogP contribution < -0.4 is 0 Å². The number of aliphatic hydroxyl groups is 1. The first-order chi connectivity index (χ1) is 6.32. The summed E-state index contributed by atoms with van der Waals surface area (Å²) in [6.07, 6.45) is 0. The summed E-state index contributed by atoms with van der Waals surface area (Å²) in [5.74, 6) is 0.0213. The first kappa shape index (κ1) is 11.4. The summed E-state index contributed by atoms with van der Waals surface area (Å²) in [4.78, 5) is 11.1. The Labute approximate surface area is 92.1 Å². The fourth-order valence-electron chi connectivity index (χ4n) is 1.23. The van der Waals surface area contributed by atoms with Gasteiger partial charge >= 0.3 is 0 Å². The summed E-state index contributed by atoms with van der Waals surface area (Å²) in [6.45, 7) is 4.94. The minimum Gasteiger partial charge on any atom is -0.386 e. The van der Waals surface area contributed by atoms with E-state index in [4.69, 9.17) is 0 Å². The quantitative estimate of drug-likeness (QED) is 0.827. The van der Waals surface area contributed by atoms with Gasteiger partial charge in [-0.05, 0) is 32.4 Å². The molecule has 0 saturated carbocycles. The SMILES string of the molecule is CC(=O)c1ccc(C(C)(C)O)c(Br)c1. The van der Waals surface area contributed by atoms with E-state index in [0.29, 0.717) is 5.56 Å². The van der Waals surface area contributed by atoms with Crippen molar-refractivity contribution in [2.45, 2.75) is 26.4 Å². The number of benzene rings is 1. The summed E-state index contributed by atoms with van der Waals surface area (Å²) >= 11 is 3.34. The molecule has 0 bridgehead atoms. The lowest BCUT2D eigenvalue weighted by atomic mass is 9.97. The van der Waals surface area contributed by atoms with E-state index in [-0.39, 0.29) is 5.78 Å². The monoisotopic (exact) mass is 256 g/mol. The number of Topliss-reactive ketones (excluding diaryl/α,β-unsaturated/α-hetero) is 1. The average Bonchev–Trinajstić information content (AvgIpc) is 2.01. The van der Waals surface area contributed by atoms with Crippen molar-refractivity contribution in [3.8, 4) is 0 Å². The zero-order valence-corrected chi connectivity index (χ0v) is 10.1. The summed E-state index contributed by atoms with van der Waals surface area (Å²) in [5, 5.41) is 9.78. The molecule has 14 heavy (non-hydrogen) atoms. The fourth-order valence-corrected chi connectivity index (χ4v) is 2.09. The molecule has 1 aromatic carbocycles. The Morgan fingerprint density at radius 1 is 1.43 bits per heavy atom. The maximum Gasteiger partial charge on any atom is 0.159 e. The van der Waals surface area contributed by atoms with Crippen molar-refractivity contribution in [3.05, 3.63) is 33.8 Å². The molecule has 1 rings (SSSR count). The summed E-state index contributed by atoms with van der Waals surface area (Å²) < 4.78 is 0.762. The Morgan fingerprint density at radius 2 is 2.00 bits per heavy atom. The highest BCUT2D eigenvalue weighted by atomic mass is 79.9. The molecular formula is C11H13BrO2. The first-order valence-electron chi connectivity index (χ1n) is 4.35. The van der Waals surface area contributed by atoms with Crippen molar-refractivity contribution < 1.29 is 9.90 Å². The lowest BCUT2D eigenvalue weighted by molar-refractivity contribution is 0.0777. The maximum absolute atomic E-state index is 11.1. The third-order valence-corrected chi connectivity index (χ3v) is 2.69. The number of hydrogen-bond acceptors (Lipinski definition) is 2. The van der Waals surface area contributed by atoms with Crippen molar-refractivity contribution >= 4 is 21.7 Å². The highest BCUT2D eigenvalue weighted by molar-refractivity contribution is 9.10. The summed E-state index contributed by atoms with van der Waals surface area (Å²) in [6, 6.07) is 5.22. The van der Waals surface area contributed by atoms with Crippen molar-refractivity contribution in [1.82, 2.24) is 0 Å². The number of halogens is 1. The van der Waals surface area contributed by atoms with Gasteiger partial charge in [-0.2, -0.15) is 0 Å². The van der Waals surface area contributed by atoms with Gasteiger partial charge < -0.3 is 5.11 Å². The van der Waals surface area contributed by atoms with Crippen LogP contribution in [0.3, 0.4) is 0 Å². The molecule has 0 spiro atoms. The minimum absolute atomic E-state index is 0.0213. The third kappa shape index (κ3) is 2.42. The van der Waals surface area contributed by atoms with Crippen LogP contribution in [0, 0.1) is 0 Å². The van der Waals surface area contributed by atoms with E-state index in [0.717, 1.165) is 10.0 Å². The number of carbonyl (C=O) groups excluding carboxylic acids is 1. The topological polar surface area (TPSA) is 37.3 Å². The van der Waals surface area contributed by atoms with Gasteiger partial charge in [0, 0.05) is 10.0 Å². The van der Waals surface area contributed by atoms with Gasteiger partial charge in [-0.25, -0.2) is 0 Å². The molecule has 0 radical (unpaired) electrons. The van der Waals surface area contributed by atoms with E-state index >= 15 is 0 Å². The normalized spacial score (nSPS) is 11.5. The van der Waals surface area contributed by atoms with Crippen LogP contribution in [0.1, 0.15) is 36.7 Å². The molecule has 1 aromatic rings. The first-order valence-corrected chi connectivity index (χ1v) is 5.15. The van der Waals surface area contributed by atoms with E-state index < -0.39 is 5.60 Å². The van der Waals surface area contributed by atoms with Crippen LogP contribution in [0.5, 0.6) is 0 Å². The Bertz CT molecular complexity index is 364. The molecule has 76 valence electrons. The molecule has 0 amide bonds. The van der Waals surface area contributed by atoms with Crippen molar-refractivity contribution in [2.75, 3.05) is 0 Å². The second kappa shape index (κ2) is 3.83. The summed E-state index contributed by atoms with van der Waals surface area (Å²) in [7, 11) is 0. The minimum atomic E-state index is -0.895. The van der Waals surface area contributed by atoms with Gasteiger partial charge in [-0.3, -0.25) is 4.79 Å². The number of ketones is 1. The van der Waals surface area contributed by atoms with Crippen molar-refractivity contribution in [1.29, 1.82) is 0 Å². The van der Waals surface area contributed by atoms with Crippen molar-refractivity contribution in [2.24, 2.45) is 0 Å². The van der Waals surface area contributed by atoms with Crippen LogP contribution in [0.4, 0.5) is 0 Å². The number of carbonyl (C=O) groups is 1. The molecule has 0 heterocycles. The third-order valence-electron chi connectivity index (χ3n) is 2.03. The number of hydrogen-bond donors (Lipinski definition) is 1. The van der Waals surface area contributed by atoms with Crippen LogP contribution in [0.15, 0.2) is 22.7 Å². The van der Waals surface area contributed by atoms with E-state index in [1.54, 1.807) is 32.0 Å². The highest BCUT2D eigenvalue weighted by Crippen LogP contribution is 2.28. The molecule has 0 atom stereocenters. The molecular weight excluding hydrogens is 244 g/mol. The molecule has 0 aromatic heterocycles. The molecule has 3 heteroatoms. The second-order valence-electron chi connectivity index (χ2n) is 3.81. The lowest BCUT2D eigenvalue weighted by Gasteiger charge is -2.19. The standard InChI is InChI=1S/C11H13BrO2/c1-7(13)8-4-5-9(10(12)6-8)11(2,3)14/h4-6,14H,1-3H3. The van der Waals surface area contributed by atoms with Crippen LogP contribution in [-0.2, 0) is 5.60 Å². The predicted octanol–water partition coefficient (Wildman–Crippen LogP) is 2.88. The largest absolute Gasteiger partial charge is 0.386 e. The van der Waals surface area contributed by atoms with E-state index in [2.05, 4.69) is 15.9 Å². The lowest BCUT2D eigenvalue weighted by Crippen LogP contribution is -2.16. The fraction of sp³-hybridized carbons (Fsp3) is 0.364. The van der Waals surface area contributed by atoms with Crippen molar-refractivity contribution in [3.63, 3.8) is 0 Å². The molecule has 0 aliphatic carbocycles. The van der Waals surface area contributed by atoms with E-state index in [1.165, 1.54) is 6.92 Å². The molecule has 2 nitrogen and oxygen atoms in total. The second-order valence-corrected chi connectivity index (χ2v) is 4.66. The molecule has 0 aliphatic rings. The Morgan fingerprint density at radius 3 is 2.36 bits per heavy atom. The van der Waals surface area contributed by atoms with E-state index in [9.17, 15) is 9.90 Å². The Hall–Kier alpha value is -0.670. The van der Waals surface area contributed by atoms with Crippen LogP contribution >= 0.6 is 15.9 Å². The van der Waals surface area contributed by atoms with Gasteiger partial charge in [0.15, 0.2) is 5.78 Å². The van der Waals surface area contributed by atoms with Gasteiger partial charge in [-0.15, -0.1) is 0 Å².